The minimum absolute atomic E-state index is 0.0131. The molecule has 1 aromatic carbocycles. The lowest BCUT2D eigenvalue weighted by Gasteiger charge is -1.97. The zero-order valence-corrected chi connectivity index (χ0v) is 10.4. The van der Waals surface area contributed by atoms with Crippen LogP contribution in [0.3, 0.4) is 0 Å². The van der Waals surface area contributed by atoms with Gasteiger partial charge in [0.05, 0.1) is 10.0 Å². The van der Waals surface area contributed by atoms with Crippen LogP contribution in [0.2, 0.25) is 10.0 Å². The number of nitrogens with one attached hydrogen (secondary N) is 1. The fraction of sp³-hybridized carbons (Fsp3) is 0.273. The molecule has 0 fully saturated rings. The number of rotatable bonds is 1. The van der Waals surface area contributed by atoms with Crippen molar-refractivity contribution in [2.45, 2.75) is 19.4 Å². The van der Waals surface area contributed by atoms with Gasteiger partial charge in [0.1, 0.15) is 6.54 Å². The maximum absolute atomic E-state index is 12.1. The van der Waals surface area contributed by atoms with Crippen molar-refractivity contribution >= 4 is 23.2 Å². The van der Waals surface area contributed by atoms with E-state index in [9.17, 15) is 4.79 Å². The van der Waals surface area contributed by atoms with Gasteiger partial charge in [0, 0.05) is 12.5 Å². The number of aromatic amines is 1. The van der Waals surface area contributed by atoms with E-state index >= 15 is 0 Å². The first-order valence-corrected chi connectivity index (χ1v) is 6.11. The molecule has 0 aliphatic carbocycles. The molecule has 3 rings (SSSR count). The Morgan fingerprint density at radius 2 is 2.12 bits per heavy atom. The number of aryl methyl sites for hydroxylation is 1. The van der Waals surface area contributed by atoms with Crippen molar-refractivity contribution in [1.29, 1.82) is 0 Å². The molecule has 88 valence electrons. The van der Waals surface area contributed by atoms with Gasteiger partial charge < -0.3 is 0 Å². The van der Waals surface area contributed by atoms with E-state index in [2.05, 4.69) is 5.21 Å². The van der Waals surface area contributed by atoms with E-state index in [1.165, 1.54) is 4.68 Å². The average molecular weight is 271 g/mol. The molecule has 1 aliphatic rings. The molecule has 2 heterocycles. The molecule has 1 aliphatic heterocycles. The van der Waals surface area contributed by atoms with Crippen LogP contribution in [0.15, 0.2) is 23.0 Å². The summed E-state index contributed by atoms with van der Waals surface area (Å²) in [7, 11) is 0. The fourth-order valence-electron chi connectivity index (χ4n) is 2.10. The van der Waals surface area contributed by atoms with Crippen molar-refractivity contribution in [3.63, 3.8) is 0 Å². The molecule has 1 aromatic heterocycles. The predicted octanol–water partition coefficient (Wildman–Crippen LogP) is 1.71. The number of nitrogens with zero attached hydrogens (tertiary/aromatic N) is 2. The minimum atomic E-state index is -0.0131. The SMILES string of the molecule is O=c1c2[n+]([nH]n1-c1ccc(Cl)c(Cl)c1)CCC2. The fourth-order valence-corrected chi connectivity index (χ4v) is 2.39. The van der Waals surface area contributed by atoms with Gasteiger partial charge in [0.2, 0.25) is 5.69 Å². The summed E-state index contributed by atoms with van der Waals surface area (Å²) in [4.78, 5) is 12.1. The largest absolute Gasteiger partial charge is 0.401 e. The van der Waals surface area contributed by atoms with Crippen molar-refractivity contribution < 1.29 is 4.68 Å². The Morgan fingerprint density at radius 1 is 1.29 bits per heavy atom. The number of aromatic nitrogens is 3. The third kappa shape index (κ3) is 1.68. The highest BCUT2D eigenvalue weighted by Crippen LogP contribution is 2.23. The molecule has 0 unspecified atom stereocenters. The molecule has 17 heavy (non-hydrogen) atoms. The van der Waals surface area contributed by atoms with E-state index in [1.807, 2.05) is 4.68 Å². The van der Waals surface area contributed by atoms with E-state index in [0.717, 1.165) is 25.1 Å². The summed E-state index contributed by atoms with van der Waals surface area (Å²) in [6.07, 6.45) is 1.84. The first-order valence-electron chi connectivity index (χ1n) is 5.36. The molecule has 1 N–H and O–H groups in total. The summed E-state index contributed by atoms with van der Waals surface area (Å²) < 4.78 is 3.38. The van der Waals surface area contributed by atoms with Crippen LogP contribution in [-0.4, -0.2) is 9.90 Å². The Bertz CT molecular complexity index is 645. The maximum Gasteiger partial charge on any atom is 0.401 e. The maximum atomic E-state index is 12.1. The van der Waals surface area contributed by atoms with E-state index in [0.29, 0.717) is 15.7 Å². The number of hydrogen-bond acceptors (Lipinski definition) is 1. The molecule has 0 spiro atoms. The van der Waals surface area contributed by atoms with Crippen molar-refractivity contribution in [3.8, 4) is 5.69 Å². The van der Waals surface area contributed by atoms with Gasteiger partial charge in [0.15, 0.2) is 5.69 Å². The lowest BCUT2D eigenvalue weighted by atomic mass is 10.3. The molecule has 0 saturated carbocycles. The van der Waals surface area contributed by atoms with Crippen LogP contribution in [-0.2, 0) is 13.0 Å². The monoisotopic (exact) mass is 270 g/mol. The smallest absolute Gasteiger partial charge is 0.234 e. The number of benzene rings is 1. The molecule has 0 amide bonds. The molecule has 4 nitrogen and oxygen atoms in total. The highest BCUT2D eigenvalue weighted by Gasteiger charge is 2.26. The first-order chi connectivity index (χ1) is 8.16. The van der Waals surface area contributed by atoms with Gasteiger partial charge in [-0.25, -0.2) is 4.79 Å². The van der Waals surface area contributed by atoms with Gasteiger partial charge in [-0.05, 0) is 18.6 Å². The summed E-state index contributed by atoms with van der Waals surface area (Å²) >= 11 is 11.8. The van der Waals surface area contributed by atoms with Crippen LogP contribution in [0, 0.1) is 0 Å². The summed E-state index contributed by atoms with van der Waals surface area (Å²) in [5.74, 6) is 0. The lowest BCUT2D eigenvalue weighted by molar-refractivity contribution is -0.749. The standard InChI is InChI=1S/C11H9Cl2N3O/c12-8-4-3-7(6-9(8)13)16-11(17)10-2-1-5-15(10)14-16/h3-4,6H,1-2,5H2/p+1. The number of halogens is 2. The lowest BCUT2D eigenvalue weighted by Crippen LogP contribution is -2.35. The van der Waals surface area contributed by atoms with Crippen molar-refractivity contribution in [3.05, 3.63) is 44.3 Å². The molecule has 0 radical (unpaired) electrons. The number of fused-ring (bicyclic) bond motifs is 1. The molecule has 6 heteroatoms. The van der Waals surface area contributed by atoms with Crippen LogP contribution >= 0.6 is 23.2 Å². The zero-order valence-electron chi connectivity index (χ0n) is 8.91. The third-order valence-electron chi connectivity index (χ3n) is 2.95. The topological polar surface area (TPSA) is 41.7 Å². The summed E-state index contributed by atoms with van der Waals surface area (Å²) in [5.41, 5.74) is 1.50. The van der Waals surface area contributed by atoms with E-state index < -0.39 is 0 Å². The Hall–Kier alpha value is -1.26. The van der Waals surface area contributed by atoms with E-state index in [1.54, 1.807) is 18.2 Å². The normalized spacial score (nSPS) is 14.0. The van der Waals surface area contributed by atoms with Crippen LogP contribution in [0.5, 0.6) is 0 Å². The second-order valence-corrected chi connectivity index (χ2v) is 4.86. The van der Waals surface area contributed by atoms with Crippen molar-refractivity contribution in [2.75, 3.05) is 0 Å². The molecule has 0 saturated heterocycles. The average Bonchev–Trinajstić information content (AvgIpc) is 2.86. The second-order valence-electron chi connectivity index (χ2n) is 4.04. The van der Waals surface area contributed by atoms with E-state index in [4.69, 9.17) is 23.2 Å². The predicted molar refractivity (Wildman–Crippen MR) is 64.9 cm³/mol. The number of H-pyrrole nitrogens is 1. The third-order valence-corrected chi connectivity index (χ3v) is 3.69. The highest BCUT2D eigenvalue weighted by molar-refractivity contribution is 6.42. The van der Waals surface area contributed by atoms with Gasteiger partial charge in [-0.15, -0.1) is 0 Å². The van der Waals surface area contributed by atoms with Gasteiger partial charge in [-0.1, -0.05) is 33.1 Å². The summed E-state index contributed by atoms with van der Waals surface area (Å²) in [5, 5.41) is 3.97. The molecular weight excluding hydrogens is 261 g/mol. The number of hydrogen-bond donors (Lipinski definition) is 1. The second kappa shape index (κ2) is 3.89. The van der Waals surface area contributed by atoms with Crippen molar-refractivity contribution in [1.82, 2.24) is 9.90 Å². The Kier molecular flexibility index (Phi) is 2.49. The van der Waals surface area contributed by atoms with Crippen LogP contribution in [0.4, 0.5) is 0 Å². The molecule has 0 atom stereocenters. The first kappa shape index (κ1) is 10.9. The summed E-state index contributed by atoms with van der Waals surface area (Å²) in [6.45, 7) is 0.860. The van der Waals surface area contributed by atoms with Crippen molar-refractivity contribution in [2.24, 2.45) is 0 Å². The van der Waals surface area contributed by atoms with E-state index in [-0.39, 0.29) is 5.56 Å². The van der Waals surface area contributed by atoms with Crippen LogP contribution in [0.1, 0.15) is 12.1 Å². The van der Waals surface area contributed by atoms with Gasteiger partial charge in [-0.3, -0.25) is 0 Å². The minimum Gasteiger partial charge on any atom is -0.234 e. The Labute approximate surface area is 107 Å². The highest BCUT2D eigenvalue weighted by atomic mass is 35.5. The van der Waals surface area contributed by atoms with Gasteiger partial charge >= 0.3 is 5.56 Å². The van der Waals surface area contributed by atoms with Crippen LogP contribution in [0.25, 0.3) is 5.69 Å². The molecule has 2 aromatic rings. The Balaban J connectivity index is 2.16. The quantitative estimate of drug-likeness (QED) is 0.788. The summed E-state index contributed by atoms with van der Waals surface area (Å²) in [6, 6.07) is 5.13. The van der Waals surface area contributed by atoms with Gasteiger partial charge in [0.25, 0.3) is 0 Å². The Morgan fingerprint density at radius 3 is 2.82 bits per heavy atom. The van der Waals surface area contributed by atoms with Gasteiger partial charge in [-0.2, -0.15) is 4.68 Å². The van der Waals surface area contributed by atoms with Crippen LogP contribution < -0.4 is 10.2 Å². The molecule has 0 bridgehead atoms. The molecular formula is C11H10Cl2N3O+. The zero-order chi connectivity index (χ0) is 12.0.